The van der Waals surface area contributed by atoms with Crippen LogP contribution in [0.3, 0.4) is 0 Å². The predicted octanol–water partition coefficient (Wildman–Crippen LogP) is -0.114. The smallest absolute Gasteiger partial charge is 0.332 e. The topological polar surface area (TPSA) is 65.3 Å². The Bertz CT molecular complexity index is 700. The molecular formula is C12H15N3O3. The van der Waals surface area contributed by atoms with Crippen LogP contribution >= 0.6 is 0 Å². The maximum atomic E-state index is 12.2. The molecule has 0 radical (unpaired) electrons. The first-order valence-corrected chi connectivity index (χ1v) is 5.52. The molecule has 0 fully saturated rings. The van der Waals surface area contributed by atoms with Crippen molar-refractivity contribution < 1.29 is 4.74 Å². The van der Waals surface area contributed by atoms with Gasteiger partial charge in [0.15, 0.2) is 0 Å². The largest absolute Gasteiger partial charge is 0.497 e. The Balaban J connectivity index is 2.90. The number of nitrogens with zero attached hydrogens (tertiary/aromatic N) is 2. The van der Waals surface area contributed by atoms with Crippen LogP contribution < -0.4 is 21.3 Å². The van der Waals surface area contributed by atoms with Crippen molar-refractivity contribution in [1.82, 2.24) is 14.5 Å². The highest BCUT2D eigenvalue weighted by molar-refractivity contribution is 5.79. The number of aromatic nitrogens is 2. The highest BCUT2D eigenvalue weighted by Crippen LogP contribution is 2.16. The first-order valence-electron chi connectivity index (χ1n) is 5.52. The van der Waals surface area contributed by atoms with Crippen LogP contribution in [0.15, 0.2) is 27.8 Å². The van der Waals surface area contributed by atoms with Crippen LogP contribution in [-0.4, -0.2) is 23.3 Å². The monoisotopic (exact) mass is 249 g/mol. The normalized spacial score (nSPS) is 10.8. The second kappa shape index (κ2) is 4.66. The Kier molecular flexibility index (Phi) is 3.20. The molecule has 2 aromatic rings. The van der Waals surface area contributed by atoms with Gasteiger partial charge in [-0.2, -0.15) is 0 Å². The van der Waals surface area contributed by atoms with Gasteiger partial charge in [0.1, 0.15) is 5.75 Å². The van der Waals surface area contributed by atoms with Crippen LogP contribution in [0.5, 0.6) is 5.75 Å². The zero-order valence-corrected chi connectivity index (χ0v) is 10.6. The fourth-order valence-corrected chi connectivity index (χ4v) is 1.92. The second-order valence-electron chi connectivity index (χ2n) is 3.97. The number of nitrogens with one attached hydrogen (secondary N) is 1. The molecule has 0 aliphatic heterocycles. The molecule has 0 aliphatic rings. The van der Waals surface area contributed by atoms with Gasteiger partial charge in [-0.15, -0.1) is 0 Å². The van der Waals surface area contributed by atoms with Gasteiger partial charge in [0, 0.05) is 7.05 Å². The Morgan fingerprint density at radius 2 is 2.06 bits per heavy atom. The fraction of sp³-hybridized carbons (Fsp3) is 0.333. The molecule has 0 spiro atoms. The Morgan fingerprint density at radius 1 is 1.33 bits per heavy atom. The van der Waals surface area contributed by atoms with E-state index in [1.54, 1.807) is 32.3 Å². The summed E-state index contributed by atoms with van der Waals surface area (Å²) >= 11 is 0. The second-order valence-corrected chi connectivity index (χ2v) is 3.97. The summed E-state index contributed by atoms with van der Waals surface area (Å²) in [6.45, 7) is 0.179. The minimum absolute atomic E-state index is 0.179. The van der Waals surface area contributed by atoms with Crippen molar-refractivity contribution >= 4 is 10.9 Å². The number of ether oxygens (including phenoxy) is 1. The fourth-order valence-electron chi connectivity index (χ4n) is 1.92. The molecular weight excluding hydrogens is 234 g/mol. The summed E-state index contributed by atoms with van der Waals surface area (Å²) in [7, 11) is 4.86. The summed E-state index contributed by atoms with van der Waals surface area (Å²) in [5.74, 6) is 0.592. The molecule has 0 saturated heterocycles. The molecule has 2 rings (SSSR count). The van der Waals surface area contributed by atoms with E-state index in [9.17, 15) is 9.59 Å². The number of aryl methyl sites for hydroxylation is 1. The SMILES string of the molecule is CNCn1c(=O)c2cc(OC)ccc2n(C)c1=O. The number of rotatable bonds is 3. The number of hydrogen-bond acceptors (Lipinski definition) is 4. The van der Waals surface area contributed by atoms with Gasteiger partial charge in [-0.3, -0.25) is 9.36 Å². The Hall–Kier alpha value is -2.08. The summed E-state index contributed by atoms with van der Waals surface area (Å²) in [4.78, 5) is 24.2. The van der Waals surface area contributed by atoms with E-state index >= 15 is 0 Å². The van der Waals surface area contributed by atoms with E-state index in [0.29, 0.717) is 16.7 Å². The summed E-state index contributed by atoms with van der Waals surface area (Å²) in [6.07, 6.45) is 0. The van der Waals surface area contributed by atoms with Crippen molar-refractivity contribution in [1.29, 1.82) is 0 Å². The quantitative estimate of drug-likeness (QED) is 0.824. The molecule has 1 N–H and O–H groups in total. The lowest BCUT2D eigenvalue weighted by atomic mass is 10.2. The van der Waals surface area contributed by atoms with Gasteiger partial charge < -0.3 is 10.1 Å². The number of methoxy groups -OCH3 is 1. The summed E-state index contributed by atoms with van der Waals surface area (Å²) < 4.78 is 7.70. The van der Waals surface area contributed by atoms with Crippen LogP contribution in [0.1, 0.15) is 0 Å². The lowest BCUT2D eigenvalue weighted by Crippen LogP contribution is -2.41. The number of hydrogen-bond donors (Lipinski definition) is 1. The summed E-state index contributed by atoms with van der Waals surface area (Å²) in [6, 6.07) is 5.08. The van der Waals surface area contributed by atoms with Gasteiger partial charge >= 0.3 is 5.69 Å². The van der Waals surface area contributed by atoms with Crippen molar-refractivity contribution in [2.75, 3.05) is 14.2 Å². The minimum atomic E-state index is -0.341. The maximum Gasteiger partial charge on any atom is 0.332 e. The van der Waals surface area contributed by atoms with Gasteiger partial charge in [-0.1, -0.05) is 0 Å². The standard InChI is InChI=1S/C12H15N3O3/c1-13-7-15-11(16)9-6-8(18-3)4-5-10(9)14(2)12(15)17/h4-6,13H,7H2,1-3H3. The van der Waals surface area contributed by atoms with E-state index in [1.165, 1.54) is 11.7 Å². The molecule has 0 atom stereocenters. The number of fused-ring (bicyclic) bond motifs is 1. The van der Waals surface area contributed by atoms with Gasteiger partial charge in [0.05, 0.1) is 24.7 Å². The number of benzene rings is 1. The highest BCUT2D eigenvalue weighted by atomic mass is 16.5. The van der Waals surface area contributed by atoms with Crippen LogP contribution in [0, 0.1) is 0 Å². The van der Waals surface area contributed by atoms with Crippen molar-refractivity contribution in [2.24, 2.45) is 7.05 Å². The van der Waals surface area contributed by atoms with E-state index in [0.717, 1.165) is 4.57 Å². The molecule has 0 saturated carbocycles. The van der Waals surface area contributed by atoms with Gasteiger partial charge in [-0.25, -0.2) is 9.36 Å². The Morgan fingerprint density at radius 3 is 2.67 bits per heavy atom. The predicted molar refractivity (Wildman–Crippen MR) is 69.1 cm³/mol. The molecule has 0 unspecified atom stereocenters. The van der Waals surface area contributed by atoms with Crippen LogP contribution in [0.2, 0.25) is 0 Å². The zero-order chi connectivity index (χ0) is 13.3. The molecule has 0 amide bonds. The van der Waals surface area contributed by atoms with Crippen molar-refractivity contribution in [2.45, 2.75) is 6.67 Å². The molecule has 6 heteroatoms. The Labute approximate surface area is 103 Å². The van der Waals surface area contributed by atoms with Gasteiger partial charge in [0.2, 0.25) is 0 Å². The van der Waals surface area contributed by atoms with Crippen molar-refractivity contribution in [3.63, 3.8) is 0 Å². The summed E-state index contributed by atoms with van der Waals surface area (Å²) in [5.41, 5.74) is -0.0634. The van der Waals surface area contributed by atoms with Crippen LogP contribution in [0.25, 0.3) is 10.9 Å². The average Bonchev–Trinajstić information content (AvgIpc) is 2.40. The summed E-state index contributed by atoms with van der Waals surface area (Å²) in [5, 5.41) is 3.27. The lowest BCUT2D eigenvalue weighted by Gasteiger charge is -2.10. The van der Waals surface area contributed by atoms with E-state index in [2.05, 4.69) is 5.32 Å². The third-order valence-electron chi connectivity index (χ3n) is 2.87. The van der Waals surface area contributed by atoms with Crippen molar-refractivity contribution in [3.8, 4) is 5.75 Å². The van der Waals surface area contributed by atoms with E-state index < -0.39 is 0 Å². The van der Waals surface area contributed by atoms with Crippen LogP contribution in [0.4, 0.5) is 0 Å². The molecule has 0 aliphatic carbocycles. The minimum Gasteiger partial charge on any atom is -0.497 e. The molecule has 1 aromatic heterocycles. The zero-order valence-electron chi connectivity index (χ0n) is 10.6. The van der Waals surface area contributed by atoms with Crippen molar-refractivity contribution in [3.05, 3.63) is 39.0 Å². The lowest BCUT2D eigenvalue weighted by molar-refractivity contribution is 0.415. The molecule has 1 aromatic carbocycles. The maximum absolute atomic E-state index is 12.2. The molecule has 6 nitrogen and oxygen atoms in total. The highest BCUT2D eigenvalue weighted by Gasteiger charge is 2.10. The third-order valence-corrected chi connectivity index (χ3v) is 2.87. The molecule has 18 heavy (non-hydrogen) atoms. The molecule has 1 heterocycles. The first kappa shape index (κ1) is 12.4. The molecule has 0 bridgehead atoms. The van der Waals surface area contributed by atoms with Crippen LogP contribution in [-0.2, 0) is 13.7 Å². The van der Waals surface area contributed by atoms with Gasteiger partial charge in [-0.05, 0) is 25.2 Å². The third kappa shape index (κ3) is 1.80. The van der Waals surface area contributed by atoms with E-state index in [1.807, 2.05) is 0 Å². The first-order chi connectivity index (χ1) is 8.60. The average molecular weight is 249 g/mol. The molecule has 96 valence electrons. The van der Waals surface area contributed by atoms with Gasteiger partial charge in [0.25, 0.3) is 5.56 Å². The van der Waals surface area contributed by atoms with E-state index in [4.69, 9.17) is 4.74 Å². The van der Waals surface area contributed by atoms with E-state index in [-0.39, 0.29) is 17.9 Å².